The van der Waals surface area contributed by atoms with Crippen LogP contribution in [0.1, 0.15) is 5.56 Å². The number of aliphatic hydroxyl groups is 1. The van der Waals surface area contributed by atoms with E-state index in [1.54, 1.807) is 6.07 Å². The maximum absolute atomic E-state index is 8.92. The quantitative estimate of drug-likeness (QED) is 0.586. The van der Waals surface area contributed by atoms with Crippen LogP contribution in [0.4, 0.5) is 11.4 Å². The summed E-state index contributed by atoms with van der Waals surface area (Å²) in [5.74, 6) is 0. The minimum atomic E-state index is 0.105. The number of benzene rings is 1. The third-order valence-electron chi connectivity index (χ3n) is 2.56. The predicted molar refractivity (Wildman–Crippen MR) is 65.8 cm³/mol. The molecule has 4 nitrogen and oxygen atoms in total. The van der Waals surface area contributed by atoms with Gasteiger partial charge in [-0.25, -0.2) is 0 Å². The normalized spacial score (nSPS) is 10.6. The first-order valence-electron chi connectivity index (χ1n) is 5.15. The van der Waals surface area contributed by atoms with E-state index in [-0.39, 0.29) is 6.61 Å². The molecule has 0 atom stereocenters. The highest BCUT2D eigenvalue weighted by molar-refractivity contribution is 5.83. The monoisotopic (exact) mass is 217 g/mol. The van der Waals surface area contributed by atoms with E-state index in [0.717, 1.165) is 16.8 Å². The summed E-state index contributed by atoms with van der Waals surface area (Å²) in [6.45, 7) is 0.105. The Morgan fingerprint density at radius 1 is 1.25 bits per heavy atom. The largest absolute Gasteiger partial charge is 0.397 e. The summed E-state index contributed by atoms with van der Waals surface area (Å²) < 4.78 is 0. The number of aromatic nitrogens is 1. The van der Waals surface area contributed by atoms with Gasteiger partial charge in [-0.05, 0) is 36.2 Å². The molecule has 0 saturated heterocycles. The molecule has 0 spiro atoms. The average Bonchev–Trinajstić information content (AvgIpc) is 2.76. The molecule has 6 N–H and O–H groups in total. The van der Waals surface area contributed by atoms with Crippen LogP contribution in [0, 0.1) is 0 Å². The van der Waals surface area contributed by atoms with E-state index in [2.05, 4.69) is 4.98 Å². The van der Waals surface area contributed by atoms with Crippen molar-refractivity contribution in [3.8, 4) is 11.3 Å². The second-order valence-corrected chi connectivity index (χ2v) is 3.70. The van der Waals surface area contributed by atoms with Gasteiger partial charge >= 0.3 is 0 Å². The minimum absolute atomic E-state index is 0.105. The van der Waals surface area contributed by atoms with Gasteiger partial charge in [0, 0.05) is 24.1 Å². The lowest BCUT2D eigenvalue weighted by molar-refractivity contribution is 0.299. The van der Waals surface area contributed by atoms with Gasteiger partial charge in [0.25, 0.3) is 0 Å². The van der Waals surface area contributed by atoms with E-state index in [1.807, 2.05) is 24.4 Å². The molecular formula is C12H15N3O. The van der Waals surface area contributed by atoms with Crippen molar-refractivity contribution in [1.82, 2.24) is 4.98 Å². The van der Waals surface area contributed by atoms with Crippen molar-refractivity contribution in [2.45, 2.75) is 6.42 Å². The van der Waals surface area contributed by atoms with E-state index in [9.17, 15) is 0 Å². The molecule has 0 aliphatic rings. The zero-order valence-corrected chi connectivity index (χ0v) is 8.90. The lowest BCUT2D eigenvalue weighted by Gasteiger charge is -2.10. The van der Waals surface area contributed by atoms with Gasteiger partial charge in [0.15, 0.2) is 0 Å². The van der Waals surface area contributed by atoms with Crippen LogP contribution in [-0.4, -0.2) is 16.7 Å². The number of hydrogen-bond donors (Lipinski definition) is 4. The Morgan fingerprint density at radius 2 is 2.06 bits per heavy atom. The van der Waals surface area contributed by atoms with E-state index < -0.39 is 0 Å². The van der Waals surface area contributed by atoms with Gasteiger partial charge in [0.2, 0.25) is 0 Å². The maximum Gasteiger partial charge on any atom is 0.0642 e. The molecule has 0 bridgehead atoms. The summed E-state index contributed by atoms with van der Waals surface area (Å²) in [4.78, 5) is 3.09. The van der Waals surface area contributed by atoms with Crippen LogP contribution in [-0.2, 0) is 6.42 Å². The zero-order chi connectivity index (χ0) is 11.5. The molecule has 0 amide bonds. The molecule has 2 aromatic rings. The molecule has 0 unspecified atom stereocenters. The molecule has 2 rings (SSSR count). The van der Waals surface area contributed by atoms with Gasteiger partial charge in [0.1, 0.15) is 0 Å². The van der Waals surface area contributed by atoms with Crippen molar-refractivity contribution >= 4 is 11.4 Å². The number of nitrogen functional groups attached to an aromatic ring is 2. The summed E-state index contributed by atoms with van der Waals surface area (Å²) in [6.07, 6.45) is 2.42. The van der Waals surface area contributed by atoms with Gasteiger partial charge in [-0.3, -0.25) is 0 Å². The molecule has 0 saturated carbocycles. The van der Waals surface area contributed by atoms with Crippen LogP contribution in [0.3, 0.4) is 0 Å². The highest BCUT2D eigenvalue weighted by Gasteiger charge is 2.08. The number of anilines is 2. The Hall–Kier alpha value is -1.94. The average molecular weight is 217 g/mol. The Bertz CT molecular complexity index is 477. The molecule has 1 aromatic carbocycles. The third-order valence-corrected chi connectivity index (χ3v) is 2.56. The molecular weight excluding hydrogens is 202 g/mol. The van der Waals surface area contributed by atoms with Crippen molar-refractivity contribution in [3.05, 3.63) is 36.0 Å². The van der Waals surface area contributed by atoms with E-state index in [1.165, 1.54) is 0 Å². The molecule has 0 fully saturated rings. The van der Waals surface area contributed by atoms with Crippen LogP contribution in [0.2, 0.25) is 0 Å². The van der Waals surface area contributed by atoms with Crippen molar-refractivity contribution in [2.24, 2.45) is 0 Å². The van der Waals surface area contributed by atoms with Gasteiger partial charge in [-0.2, -0.15) is 0 Å². The zero-order valence-electron chi connectivity index (χ0n) is 8.90. The highest BCUT2D eigenvalue weighted by atomic mass is 16.2. The summed E-state index contributed by atoms with van der Waals surface area (Å²) >= 11 is 0. The molecule has 4 heteroatoms. The topological polar surface area (TPSA) is 88.1 Å². The number of rotatable bonds is 3. The van der Waals surface area contributed by atoms with E-state index in [0.29, 0.717) is 17.8 Å². The van der Waals surface area contributed by atoms with Gasteiger partial charge in [0.05, 0.1) is 11.4 Å². The SMILES string of the molecule is Nc1cc(CCO)cc(-c2ccc[nH]2)c1N. The molecule has 1 heterocycles. The molecule has 0 aliphatic heterocycles. The first-order chi connectivity index (χ1) is 7.72. The first kappa shape index (κ1) is 10.6. The lowest BCUT2D eigenvalue weighted by Crippen LogP contribution is -2.01. The summed E-state index contributed by atoms with van der Waals surface area (Å²) in [7, 11) is 0. The molecule has 1 aromatic heterocycles. The van der Waals surface area contributed by atoms with Crippen molar-refractivity contribution in [2.75, 3.05) is 18.1 Å². The van der Waals surface area contributed by atoms with Gasteiger partial charge in [-0.15, -0.1) is 0 Å². The molecule has 0 aliphatic carbocycles. The van der Waals surface area contributed by atoms with Crippen LogP contribution >= 0.6 is 0 Å². The van der Waals surface area contributed by atoms with Crippen LogP contribution in [0.5, 0.6) is 0 Å². The van der Waals surface area contributed by atoms with Crippen molar-refractivity contribution in [1.29, 1.82) is 0 Å². The van der Waals surface area contributed by atoms with Crippen molar-refractivity contribution < 1.29 is 5.11 Å². The molecule has 84 valence electrons. The van der Waals surface area contributed by atoms with Gasteiger partial charge < -0.3 is 21.6 Å². The Kier molecular flexibility index (Phi) is 2.83. The number of aromatic amines is 1. The Morgan fingerprint density at radius 3 is 2.69 bits per heavy atom. The van der Waals surface area contributed by atoms with Crippen LogP contribution < -0.4 is 11.5 Å². The standard InChI is InChI=1S/C12H15N3O/c13-10-7-8(3-5-16)6-9(12(10)14)11-2-1-4-15-11/h1-2,4,6-7,15-16H,3,5,13-14H2. The fourth-order valence-electron chi connectivity index (χ4n) is 1.73. The summed E-state index contributed by atoms with van der Waals surface area (Å²) in [5, 5.41) is 8.92. The molecule has 0 radical (unpaired) electrons. The van der Waals surface area contributed by atoms with E-state index >= 15 is 0 Å². The third kappa shape index (κ3) is 1.87. The van der Waals surface area contributed by atoms with Crippen LogP contribution in [0.15, 0.2) is 30.5 Å². The lowest BCUT2D eigenvalue weighted by atomic mass is 10.0. The minimum Gasteiger partial charge on any atom is -0.397 e. The predicted octanol–water partition coefficient (Wildman–Crippen LogP) is 1.38. The van der Waals surface area contributed by atoms with Crippen molar-refractivity contribution in [3.63, 3.8) is 0 Å². The van der Waals surface area contributed by atoms with E-state index in [4.69, 9.17) is 16.6 Å². The number of H-pyrrole nitrogens is 1. The number of nitrogens with two attached hydrogens (primary N) is 2. The number of aliphatic hydroxyl groups excluding tert-OH is 1. The first-order valence-corrected chi connectivity index (χ1v) is 5.15. The number of hydrogen-bond acceptors (Lipinski definition) is 3. The maximum atomic E-state index is 8.92. The second-order valence-electron chi connectivity index (χ2n) is 3.70. The fourth-order valence-corrected chi connectivity index (χ4v) is 1.73. The number of nitrogens with one attached hydrogen (secondary N) is 1. The Balaban J connectivity index is 2.51. The fraction of sp³-hybridized carbons (Fsp3) is 0.167. The smallest absolute Gasteiger partial charge is 0.0642 e. The van der Waals surface area contributed by atoms with Crippen LogP contribution in [0.25, 0.3) is 11.3 Å². The molecule has 16 heavy (non-hydrogen) atoms. The van der Waals surface area contributed by atoms with Gasteiger partial charge in [-0.1, -0.05) is 0 Å². The second kappa shape index (κ2) is 4.28. The Labute approximate surface area is 93.9 Å². The summed E-state index contributed by atoms with van der Waals surface area (Å²) in [6, 6.07) is 7.60. The summed E-state index contributed by atoms with van der Waals surface area (Å²) in [5.41, 5.74) is 15.7. The highest BCUT2D eigenvalue weighted by Crippen LogP contribution is 2.30.